The number of nitrogens with zero attached hydrogens (tertiary/aromatic N) is 3. The number of aromatic nitrogens is 1. The first-order valence-electron chi connectivity index (χ1n) is 9.15. The second-order valence-corrected chi connectivity index (χ2v) is 7.94. The van der Waals surface area contributed by atoms with Crippen molar-refractivity contribution in [3.8, 4) is 11.5 Å². The average Bonchev–Trinajstić information content (AvgIpc) is 3.01. The third-order valence-electron chi connectivity index (χ3n) is 4.58. The van der Waals surface area contributed by atoms with E-state index >= 15 is 0 Å². The molecular formula is C20H32IN5O2S. The number of likely N-dealkylation sites (N-methyl/N-ethyl adjacent to an activating group) is 1. The molecule has 0 radical (unpaired) electrons. The van der Waals surface area contributed by atoms with E-state index in [-0.39, 0.29) is 30.0 Å². The summed E-state index contributed by atoms with van der Waals surface area (Å²) < 4.78 is 10.8. The lowest BCUT2D eigenvalue weighted by atomic mass is 10.1. The number of thiazole rings is 1. The summed E-state index contributed by atoms with van der Waals surface area (Å²) in [6.45, 7) is 5.47. The number of methoxy groups -OCH3 is 2. The van der Waals surface area contributed by atoms with Crippen molar-refractivity contribution in [1.82, 2.24) is 20.5 Å². The Morgan fingerprint density at radius 2 is 1.86 bits per heavy atom. The molecule has 0 fully saturated rings. The summed E-state index contributed by atoms with van der Waals surface area (Å²) in [4.78, 5) is 12.3. The van der Waals surface area contributed by atoms with Gasteiger partial charge in [-0.3, -0.25) is 4.99 Å². The van der Waals surface area contributed by atoms with Crippen LogP contribution < -0.4 is 20.1 Å². The van der Waals surface area contributed by atoms with Gasteiger partial charge in [-0.15, -0.1) is 35.3 Å². The van der Waals surface area contributed by atoms with Crippen molar-refractivity contribution in [1.29, 1.82) is 0 Å². The predicted octanol–water partition coefficient (Wildman–Crippen LogP) is 3.36. The summed E-state index contributed by atoms with van der Waals surface area (Å²) in [5, 5.41) is 7.80. The molecular weight excluding hydrogens is 501 g/mol. The summed E-state index contributed by atoms with van der Waals surface area (Å²) in [5.74, 6) is 2.20. The van der Waals surface area contributed by atoms with Gasteiger partial charge in [-0.05, 0) is 45.6 Å². The molecule has 1 atom stereocenters. The first-order valence-corrected chi connectivity index (χ1v) is 9.97. The van der Waals surface area contributed by atoms with Crippen LogP contribution in [0.15, 0.2) is 23.2 Å². The van der Waals surface area contributed by atoms with E-state index < -0.39 is 0 Å². The third kappa shape index (κ3) is 7.00. The number of rotatable bonds is 8. The van der Waals surface area contributed by atoms with Gasteiger partial charge in [0.15, 0.2) is 17.5 Å². The maximum atomic E-state index is 5.45. The summed E-state index contributed by atoms with van der Waals surface area (Å²) in [6, 6.07) is 6.15. The Labute approximate surface area is 194 Å². The molecule has 0 amide bonds. The molecule has 0 spiro atoms. The Balaban J connectivity index is 0.00000420. The number of nitrogens with one attached hydrogen (secondary N) is 2. The van der Waals surface area contributed by atoms with Gasteiger partial charge >= 0.3 is 0 Å². The van der Waals surface area contributed by atoms with Gasteiger partial charge in [0.2, 0.25) is 0 Å². The second kappa shape index (κ2) is 12.2. The molecule has 0 aliphatic heterocycles. The summed E-state index contributed by atoms with van der Waals surface area (Å²) in [5.41, 5.74) is 2.22. The van der Waals surface area contributed by atoms with Crippen LogP contribution >= 0.6 is 35.3 Å². The zero-order valence-corrected chi connectivity index (χ0v) is 21.3. The minimum absolute atomic E-state index is 0. The SMILES string of the molecule is CN=C(NCc1nc(C)c(C)s1)NCC(c1ccc(OC)c(OC)c1)N(C)C.I. The van der Waals surface area contributed by atoms with Crippen LogP contribution in [-0.2, 0) is 6.54 Å². The maximum Gasteiger partial charge on any atom is 0.191 e. The topological polar surface area (TPSA) is 71.0 Å². The number of hydrogen-bond acceptors (Lipinski definition) is 6. The molecule has 1 aromatic heterocycles. The Hall–Kier alpha value is -1.59. The second-order valence-electron chi connectivity index (χ2n) is 6.65. The van der Waals surface area contributed by atoms with Crippen LogP contribution in [-0.4, -0.2) is 57.8 Å². The van der Waals surface area contributed by atoms with Crippen molar-refractivity contribution in [2.24, 2.45) is 4.99 Å². The van der Waals surface area contributed by atoms with Crippen LogP contribution in [0.2, 0.25) is 0 Å². The van der Waals surface area contributed by atoms with E-state index in [1.165, 1.54) is 4.88 Å². The van der Waals surface area contributed by atoms with E-state index in [0.29, 0.717) is 13.1 Å². The van der Waals surface area contributed by atoms with Crippen LogP contribution in [0.5, 0.6) is 11.5 Å². The van der Waals surface area contributed by atoms with Crippen molar-refractivity contribution in [2.45, 2.75) is 26.4 Å². The molecule has 29 heavy (non-hydrogen) atoms. The van der Waals surface area contributed by atoms with Crippen LogP contribution in [0.25, 0.3) is 0 Å². The van der Waals surface area contributed by atoms with Crippen molar-refractivity contribution in [3.63, 3.8) is 0 Å². The molecule has 0 aliphatic rings. The van der Waals surface area contributed by atoms with Crippen LogP contribution in [0.4, 0.5) is 0 Å². The Bertz CT molecular complexity index is 791. The molecule has 2 rings (SSSR count). The number of aryl methyl sites for hydroxylation is 2. The number of aliphatic imine (C=N–C) groups is 1. The maximum absolute atomic E-state index is 5.45. The molecule has 2 N–H and O–H groups in total. The molecule has 9 heteroatoms. The molecule has 0 aliphatic carbocycles. The lowest BCUT2D eigenvalue weighted by molar-refractivity contribution is 0.295. The highest BCUT2D eigenvalue weighted by Gasteiger charge is 2.17. The van der Waals surface area contributed by atoms with Gasteiger partial charge in [-0.1, -0.05) is 6.07 Å². The fraction of sp³-hybridized carbons (Fsp3) is 0.500. The number of hydrogen-bond donors (Lipinski definition) is 2. The molecule has 0 saturated heterocycles. The third-order valence-corrected chi connectivity index (χ3v) is 5.65. The van der Waals surface area contributed by atoms with Crippen LogP contribution in [0.3, 0.4) is 0 Å². The zero-order chi connectivity index (χ0) is 20.7. The minimum atomic E-state index is 0. The largest absolute Gasteiger partial charge is 0.493 e. The molecule has 1 aromatic carbocycles. The van der Waals surface area contributed by atoms with E-state index in [9.17, 15) is 0 Å². The first-order chi connectivity index (χ1) is 13.4. The summed E-state index contributed by atoms with van der Waals surface area (Å²) in [6.07, 6.45) is 0. The van der Waals surface area contributed by atoms with E-state index in [1.807, 2.05) is 19.1 Å². The first kappa shape index (κ1) is 25.4. The summed E-state index contributed by atoms with van der Waals surface area (Å²) >= 11 is 1.71. The smallest absolute Gasteiger partial charge is 0.191 e. The zero-order valence-electron chi connectivity index (χ0n) is 18.2. The van der Waals surface area contributed by atoms with Gasteiger partial charge in [0.1, 0.15) is 5.01 Å². The predicted molar refractivity (Wildman–Crippen MR) is 131 cm³/mol. The lowest BCUT2D eigenvalue weighted by Gasteiger charge is -2.26. The Morgan fingerprint density at radius 1 is 1.17 bits per heavy atom. The molecule has 1 heterocycles. The van der Waals surface area contributed by atoms with E-state index in [1.54, 1.807) is 32.6 Å². The monoisotopic (exact) mass is 533 g/mol. The van der Waals surface area contributed by atoms with Gasteiger partial charge in [0.25, 0.3) is 0 Å². The average molecular weight is 533 g/mol. The number of benzene rings is 1. The number of guanidine groups is 1. The Kier molecular flexibility index (Phi) is 10.7. The molecule has 7 nitrogen and oxygen atoms in total. The van der Waals surface area contributed by atoms with Gasteiger partial charge in [0, 0.05) is 18.5 Å². The lowest BCUT2D eigenvalue weighted by Crippen LogP contribution is -2.41. The van der Waals surface area contributed by atoms with Crippen molar-refractivity contribution in [3.05, 3.63) is 39.3 Å². The van der Waals surface area contributed by atoms with Gasteiger partial charge in [-0.25, -0.2) is 4.98 Å². The molecule has 0 saturated carbocycles. The highest BCUT2D eigenvalue weighted by atomic mass is 127. The quantitative estimate of drug-likeness (QED) is 0.308. The number of ether oxygens (including phenoxy) is 2. The number of halogens is 1. The molecule has 2 aromatic rings. The van der Waals surface area contributed by atoms with Crippen LogP contribution in [0.1, 0.15) is 27.2 Å². The van der Waals surface area contributed by atoms with Crippen molar-refractivity contribution in [2.75, 3.05) is 41.9 Å². The van der Waals surface area contributed by atoms with E-state index in [0.717, 1.165) is 33.7 Å². The summed E-state index contributed by atoms with van der Waals surface area (Å²) in [7, 11) is 9.18. The standard InChI is InChI=1S/C20H31N5O2S.HI/c1-13-14(2)28-19(24-13)12-23-20(21-3)22-11-16(25(4)5)15-8-9-17(26-6)18(10-15)27-7;/h8-10,16H,11-12H2,1-7H3,(H2,21,22,23);1H. The highest BCUT2D eigenvalue weighted by molar-refractivity contribution is 14.0. The fourth-order valence-electron chi connectivity index (χ4n) is 2.85. The van der Waals surface area contributed by atoms with Crippen molar-refractivity contribution >= 4 is 41.3 Å². The van der Waals surface area contributed by atoms with E-state index in [4.69, 9.17) is 9.47 Å². The van der Waals surface area contributed by atoms with Gasteiger partial charge in [-0.2, -0.15) is 0 Å². The van der Waals surface area contributed by atoms with Gasteiger partial charge < -0.3 is 25.0 Å². The highest BCUT2D eigenvalue weighted by Crippen LogP contribution is 2.31. The van der Waals surface area contributed by atoms with E-state index in [2.05, 4.69) is 52.6 Å². The molecule has 1 unspecified atom stereocenters. The van der Waals surface area contributed by atoms with Crippen molar-refractivity contribution < 1.29 is 9.47 Å². The fourth-order valence-corrected chi connectivity index (χ4v) is 3.72. The minimum Gasteiger partial charge on any atom is -0.493 e. The normalized spacial score (nSPS) is 12.3. The molecule has 0 bridgehead atoms. The van der Waals surface area contributed by atoms with Crippen LogP contribution in [0, 0.1) is 13.8 Å². The van der Waals surface area contributed by atoms with Gasteiger partial charge in [0.05, 0.1) is 32.5 Å². The Morgan fingerprint density at radius 3 is 2.38 bits per heavy atom. The molecule has 162 valence electrons.